The zero-order chi connectivity index (χ0) is 14.2. The van der Waals surface area contributed by atoms with Crippen molar-refractivity contribution in [1.29, 1.82) is 0 Å². The van der Waals surface area contributed by atoms with Crippen LogP contribution in [-0.4, -0.2) is 31.4 Å². The smallest absolute Gasteiger partial charge is 0.408 e. The van der Waals surface area contributed by atoms with Crippen LogP contribution in [0.25, 0.3) is 0 Å². The fourth-order valence-electron chi connectivity index (χ4n) is 1.87. The first-order valence-electron chi connectivity index (χ1n) is 5.85. The molecule has 1 atom stereocenters. The predicted octanol–water partition coefficient (Wildman–Crippen LogP) is 1.98. The molecule has 1 amide bonds. The number of alkyl carbamates (subject to hydrolysis) is 1. The summed E-state index contributed by atoms with van der Waals surface area (Å²) in [5.41, 5.74) is -1.78. The molecule has 106 valence electrons. The van der Waals surface area contributed by atoms with Crippen molar-refractivity contribution in [2.24, 2.45) is 5.92 Å². The molecule has 1 aliphatic carbocycles. The van der Waals surface area contributed by atoms with E-state index in [4.69, 9.17) is 4.74 Å². The number of ether oxygens (including phenoxy) is 1. The summed E-state index contributed by atoms with van der Waals surface area (Å²) >= 11 is 0. The van der Waals surface area contributed by atoms with E-state index < -0.39 is 33.2 Å². The Balaban J connectivity index is 2.72. The van der Waals surface area contributed by atoms with Crippen LogP contribution in [0.2, 0.25) is 0 Å². The third-order valence-corrected chi connectivity index (χ3v) is 3.68. The van der Waals surface area contributed by atoms with Gasteiger partial charge in [0.2, 0.25) is 0 Å². The highest BCUT2D eigenvalue weighted by molar-refractivity contribution is 7.86. The van der Waals surface area contributed by atoms with Gasteiger partial charge in [0.15, 0.2) is 0 Å². The summed E-state index contributed by atoms with van der Waals surface area (Å²) in [6.45, 7) is 6.64. The molecule has 0 bridgehead atoms. The molecule has 0 aromatic carbocycles. The highest BCUT2D eigenvalue weighted by Gasteiger charge is 2.46. The Labute approximate surface area is 107 Å². The van der Waals surface area contributed by atoms with Gasteiger partial charge < -0.3 is 10.1 Å². The molecule has 1 fully saturated rings. The number of rotatable bonds is 4. The second-order valence-corrected chi connectivity index (χ2v) is 7.37. The third-order valence-electron chi connectivity index (χ3n) is 2.74. The maximum atomic E-state index is 12.8. The van der Waals surface area contributed by atoms with Crippen molar-refractivity contribution in [1.82, 2.24) is 5.32 Å². The lowest BCUT2D eigenvalue weighted by Crippen LogP contribution is -2.53. The molecule has 1 aliphatic rings. The van der Waals surface area contributed by atoms with Crippen molar-refractivity contribution < 1.29 is 21.8 Å². The molecule has 1 saturated carbocycles. The molecule has 5 nitrogen and oxygen atoms in total. The van der Waals surface area contributed by atoms with Gasteiger partial charge in [-0.25, -0.2) is 4.79 Å². The van der Waals surface area contributed by atoms with Crippen LogP contribution >= 0.6 is 0 Å². The lowest BCUT2D eigenvalue weighted by Gasteiger charge is -2.30. The van der Waals surface area contributed by atoms with E-state index in [1.54, 1.807) is 20.8 Å². The standard InChI is InChI=1S/C11H20FNO4S/c1-10(2,3)17-9(14)13-11(4,8-5-6-8)7-18(12,15)16/h8H,5-7H2,1-4H3,(H,13,14). The Kier molecular flexibility index (Phi) is 3.95. The van der Waals surface area contributed by atoms with Gasteiger partial charge in [-0.1, -0.05) is 0 Å². The van der Waals surface area contributed by atoms with E-state index in [0.717, 1.165) is 12.8 Å². The molecule has 1 N–H and O–H groups in total. The molecule has 0 heterocycles. The normalized spacial score (nSPS) is 20.1. The van der Waals surface area contributed by atoms with Crippen LogP contribution in [0.3, 0.4) is 0 Å². The van der Waals surface area contributed by atoms with E-state index in [1.165, 1.54) is 6.92 Å². The van der Waals surface area contributed by atoms with Crippen LogP contribution < -0.4 is 5.32 Å². The van der Waals surface area contributed by atoms with Crippen molar-refractivity contribution >= 4 is 16.3 Å². The molecule has 0 saturated heterocycles. The van der Waals surface area contributed by atoms with Gasteiger partial charge in [0.05, 0.1) is 5.54 Å². The molecular weight excluding hydrogens is 261 g/mol. The number of carbonyl (C=O) groups is 1. The third kappa shape index (κ3) is 5.20. The van der Waals surface area contributed by atoms with Crippen LogP contribution in [0.5, 0.6) is 0 Å². The van der Waals surface area contributed by atoms with E-state index in [-0.39, 0.29) is 5.92 Å². The number of hydrogen-bond acceptors (Lipinski definition) is 4. The largest absolute Gasteiger partial charge is 0.444 e. The second-order valence-electron chi connectivity index (χ2n) is 6.00. The molecule has 1 rings (SSSR count). The van der Waals surface area contributed by atoms with Crippen LogP contribution in [0.1, 0.15) is 40.5 Å². The van der Waals surface area contributed by atoms with Gasteiger partial charge in [-0.05, 0) is 46.5 Å². The van der Waals surface area contributed by atoms with Gasteiger partial charge in [-0.15, -0.1) is 3.89 Å². The van der Waals surface area contributed by atoms with Crippen molar-refractivity contribution in [3.05, 3.63) is 0 Å². The van der Waals surface area contributed by atoms with E-state index in [0.29, 0.717) is 0 Å². The summed E-state index contributed by atoms with van der Waals surface area (Å²) in [7, 11) is -4.65. The maximum Gasteiger partial charge on any atom is 0.408 e. The van der Waals surface area contributed by atoms with E-state index in [9.17, 15) is 17.1 Å². The number of hydrogen-bond donors (Lipinski definition) is 1. The number of amides is 1. The van der Waals surface area contributed by atoms with Crippen LogP contribution in [0.15, 0.2) is 0 Å². The average molecular weight is 281 g/mol. The SMILES string of the molecule is CC(C)(C)OC(=O)NC(C)(CS(=O)(=O)F)C1CC1. The van der Waals surface area contributed by atoms with Crippen molar-refractivity contribution in [3.8, 4) is 0 Å². The highest BCUT2D eigenvalue weighted by atomic mass is 32.3. The monoisotopic (exact) mass is 281 g/mol. The summed E-state index contributed by atoms with van der Waals surface area (Å²) in [4.78, 5) is 11.6. The molecule has 0 spiro atoms. The molecule has 0 aromatic rings. The van der Waals surface area contributed by atoms with Gasteiger partial charge in [-0.3, -0.25) is 0 Å². The molecule has 0 aliphatic heterocycles. The Bertz CT molecular complexity index is 425. The van der Waals surface area contributed by atoms with Crippen molar-refractivity contribution in [2.45, 2.75) is 51.7 Å². The molecule has 18 heavy (non-hydrogen) atoms. The topological polar surface area (TPSA) is 72.5 Å². The van der Waals surface area contributed by atoms with Gasteiger partial charge in [0.1, 0.15) is 11.4 Å². The number of carbonyl (C=O) groups excluding carboxylic acids is 1. The Hall–Kier alpha value is -0.850. The zero-order valence-corrected chi connectivity index (χ0v) is 11.9. The van der Waals surface area contributed by atoms with Crippen molar-refractivity contribution in [3.63, 3.8) is 0 Å². The first-order valence-corrected chi connectivity index (χ1v) is 7.40. The van der Waals surface area contributed by atoms with Crippen LogP contribution in [0, 0.1) is 5.92 Å². The summed E-state index contributed by atoms with van der Waals surface area (Å²) in [5.74, 6) is -0.736. The first-order chi connectivity index (χ1) is 7.91. The van der Waals surface area contributed by atoms with E-state index >= 15 is 0 Å². The molecular formula is C11H20FNO4S. The lowest BCUT2D eigenvalue weighted by molar-refractivity contribution is 0.0462. The minimum atomic E-state index is -4.65. The highest BCUT2D eigenvalue weighted by Crippen LogP contribution is 2.40. The van der Waals surface area contributed by atoms with Crippen LogP contribution in [-0.2, 0) is 15.0 Å². The summed E-state index contributed by atoms with van der Waals surface area (Å²) in [6, 6.07) is 0. The van der Waals surface area contributed by atoms with E-state index in [1.807, 2.05) is 0 Å². The predicted molar refractivity (Wildman–Crippen MR) is 65.4 cm³/mol. The Morgan fingerprint density at radius 1 is 1.33 bits per heavy atom. The lowest BCUT2D eigenvalue weighted by atomic mass is 9.99. The first kappa shape index (κ1) is 15.2. The van der Waals surface area contributed by atoms with Gasteiger partial charge in [0, 0.05) is 0 Å². The second kappa shape index (κ2) is 4.68. The van der Waals surface area contributed by atoms with Gasteiger partial charge in [0.25, 0.3) is 0 Å². The Morgan fingerprint density at radius 2 is 1.83 bits per heavy atom. The van der Waals surface area contributed by atoms with Gasteiger partial charge in [-0.2, -0.15) is 8.42 Å². The van der Waals surface area contributed by atoms with E-state index in [2.05, 4.69) is 5.32 Å². The molecule has 7 heteroatoms. The van der Waals surface area contributed by atoms with Crippen molar-refractivity contribution in [2.75, 3.05) is 5.75 Å². The summed E-state index contributed by atoms with van der Waals surface area (Å²) in [5, 5.41) is 2.49. The molecule has 0 radical (unpaired) electrons. The quantitative estimate of drug-likeness (QED) is 0.800. The fraction of sp³-hybridized carbons (Fsp3) is 0.909. The molecule has 0 aromatic heterocycles. The number of halogens is 1. The minimum absolute atomic E-state index is 0.0180. The number of nitrogens with one attached hydrogen (secondary N) is 1. The molecule has 1 unspecified atom stereocenters. The summed E-state index contributed by atoms with van der Waals surface area (Å²) < 4.78 is 39.5. The Morgan fingerprint density at radius 3 is 2.17 bits per heavy atom. The van der Waals surface area contributed by atoms with Gasteiger partial charge >= 0.3 is 16.3 Å². The zero-order valence-electron chi connectivity index (χ0n) is 11.1. The minimum Gasteiger partial charge on any atom is -0.444 e. The summed E-state index contributed by atoms with van der Waals surface area (Å²) in [6.07, 6.45) is 0.837. The maximum absolute atomic E-state index is 12.8. The van der Waals surface area contributed by atoms with Crippen LogP contribution in [0.4, 0.5) is 8.68 Å². The average Bonchev–Trinajstić information content (AvgIpc) is 2.74. The fourth-order valence-corrected chi connectivity index (χ4v) is 2.90.